The van der Waals surface area contributed by atoms with Crippen LogP contribution in [0.15, 0.2) is 36.7 Å². The molecule has 22 heavy (non-hydrogen) atoms. The number of unbranched alkanes of at least 4 members (excludes halogenated alkanes) is 3. The van der Waals surface area contributed by atoms with Crippen LogP contribution in [0.25, 0.3) is 0 Å². The highest BCUT2D eigenvalue weighted by molar-refractivity contribution is 5.71. The van der Waals surface area contributed by atoms with Gasteiger partial charge in [0.15, 0.2) is 6.17 Å². The molecule has 0 aromatic heterocycles. The lowest BCUT2D eigenvalue weighted by molar-refractivity contribution is -0.143. The minimum Gasteiger partial charge on any atom is -0.479 e. The first-order valence-corrected chi connectivity index (χ1v) is 7.31. The number of carbonyl (C=O) groups is 1. The molecule has 0 radical (unpaired) electrons. The van der Waals surface area contributed by atoms with E-state index >= 15 is 0 Å². The molecule has 1 aromatic carbocycles. The lowest BCUT2D eigenvalue weighted by Gasteiger charge is -2.12. The number of halogens is 2. The Morgan fingerprint density at radius 3 is 2.45 bits per heavy atom. The Kier molecular flexibility index (Phi) is 7.96. The van der Waals surface area contributed by atoms with Crippen LogP contribution in [0.5, 0.6) is 0 Å². The van der Waals surface area contributed by atoms with Gasteiger partial charge in [-0.3, -0.25) is 0 Å². The van der Waals surface area contributed by atoms with Crippen LogP contribution >= 0.6 is 0 Å². The number of hydrogen-bond acceptors (Lipinski definition) is 3. The predicted octanol–water partition coefficient (Wildman–Crippen LogP) is 3.67. The quantitative estimate of drug-likeness (QED) is 0.546. The van der Waals surface area contributed by atoms with E-state index in [9.17, 15) is 13.6 Å². The first kappa shape index (κ1) is 17.9. The van der Waals surface area contributed by atoms with Crippen molar-refractivity contribution in [3.63, 3.8) is 0 Å². The summed E-state index contributed by atoms with van der Waals surface area (Å²) >= 11 is 0. The van der Waals surface area contributed by atoms with Gasteiger partial charge in [-0.15, -0.1) is 0 Å². The van der Waals surface area contributed by atoms with E-state index in [0.29, 0.717) is 18.8 Å². The van der Waals surface area contributed by atoms with Crippen LogP contribution in [0.1, 0.15) is 32.1 Å². The van der Waals surface area contributed by atoms with Gasteiger partial charge in [0.2, 0.25) is 0 Å². The summed E-state index contributed by atoms with van der Waals surface area (Å²) in [5.74, 6) is -1.05. The highest BCUT2D eigenvalue weighted by Crippen LogP contribution is 2.10. The number of anilines is 1. The van der Waals surface area contributed by atoms with Gasteiger partial charge >= 0.3 is 5.97 Å². The Bertz CT molecular complexity index is 478. The zero-order chi connectivity index (χ0) is 16.4. The van der Waals surface area contributed by atoms with Gasteiger partial charge in [0.1, 0.15) is 5.82 Å². The highest BCUT2D eigenvalue weighted by Gasteiger charge is 2.13. The van der Waals surface area contributed by atoms with E-state index in [4.69, 9.17) is 5.11 Å². The number of hydrogen-bond donors (Lipinski definition) is 3. The molecular weight excluding hydrogens is 290 g/mol. The Morgan fingerprint density at radius 2 is 1.82 bits per heavy atom. The molecule has 1 aromatic rings. The minimum atomic E-state index is -1.75. The summed E-state index contributed by atoms with van der Waals surface area (Å²) in [7, 11) is 0. The molecule has 0 aliphatic rings. The Morgan fingerprint density at radius 1 is 1.18 bits per heavy atom. The smallest absolute Gasteiger partial charge is 0.338 e. The molecular formula is C16H22F2N2O2. The van der Waals surface area contributed by atoms with Crippen molar-refractivity contribution in [3.8, 4) is 0 Å². The number of nitrogens with one attached hydrogen (secondary N) is 2. The van der Waals surface area contributed by atoms with Crippen molar-refractivity contribution in [3.05, 3.63) is 42.5 Å². The molecule has 0 aliphatic carbocycles. The molecule has 0 heterocycles. The van der Waals surface area contributed by atoms with Gasteiger partial charge in [0, 0.05) is 12.2 Å². The van der Waals surface area contributed by atoms with E-state index in [2.05, 4.69) is 17.2 Å². The van der Waals surface area contributed by atoms with Crippen LogP contribution in [-0.2, 0) is 4.79 Å². The molecule has 1 rings (SSSR count). The maximum Gasteiger partial charge on any atom is 0.338 e. The molecule has 0 saturated carbocycles. The molecule has 122 valence electrons. The zero-order valence-electron chi connectivity index (χ0n) is 12.4. The summed E-state index contributed by atoms with van der Waals surface area (Å²) in [6, 6.07) is 5.98. The zero-order valence-corrected chi connectivity index (χ0v) is 12.4. The van der Waals surface area contributed by atoms with Gasteiger partial charge in [-0.2, -0.15) is 0 Å². The summed E-state index contributed by atoms with van der Waals surface area (Å²) in [6.45, 7) is 4.53. The van der Waals surface area contributed by atoms with Crippen LogP contribution in [0.3, 0.4) is 0 Å². The highest BCUT2D eigenvalue weighted by atomic mass is 19.1. The fraction of sp³-hybridized carbons (Fsp3) is 0.438. The maximum absolute atomic E-state index is 12.8. The Balaban J connectivity index is 2.03. The number of aliphatic carboxylic acids is 1. The fourth-order valence-electron chi connectivity index (χ4n) is 1.92. The van der Waals surface area contributed by atoms with E-state index in [1.165, 1.54) is 12.1 Å². The number of rotatable bonds is 11. The maximum atomic E-state index is 12.8. The van der Waals surface area contributed by atoms with E-state index < -0.39 is 12.1 Å². The van der Waals surface area contributed by atoms with Crippen LogP contribution in [-0.4, -0.2) is 23.8 Å². The van der Waals surface area contributed by atoms with Crippen LogP contribution in [0, 0.1) is 5.82 Å². The first-order chi connectivity index (χ1) is 10.5. The van der Waals surface area contributed by atoms with Gasteiger partial charge in [-0.25, -0.2) is 13.6 Å². The van der Waals surface area contributed by atoms with Crippen molar-refractivity contribution >= 4 is 11.7 Å². The third kappa shape index (κ3) is 7.61. The second kappa shape index (κ2) is 9.76. The van der Waals surface area contributed by atoms with Crippen molar-refractivity contribution in [2.24, 2.45) is 0 Å². The molecule has 0 bridgehead atoms. The van der Waals surface area contributed by atoms with Gasteiger partial charge in [-0.05, 0) is 43.5 Å². The Hall–Kier alpha value is -2.11. The third-order valence-electron chi connectivity index (χ3n) is 3.13. The lowest BCUT2D eigenvalue weighted by Crippen LogP contribution is -2.19. The van der Waals surface area contributed by atoms with Crippen LogP contribution in [0.4, 0.5) is 14.5 Å². The number of alkyl halides is 1. The van der Waals surface area contributed by atoms with Crippen molar-refractivity contribution in [1.82, 2.24) is 5.32 Å². The van der Waals surface area contributed by atoms with Crippen LogP contribution < -0.4 is 10.6 Å². The largest absolute Gasteiger partial charge is 0.479 e. The van der Waals surface area contributed by atoms with E-state index in [1.54, 1.807) is 12.1 Å². The van der Waals surface area contributed by atoms with Gasteiger partial charge in [0.25, 0.3) is 0 Å². The van der Waals surface area contributed by atoms with E-state index in [1.807, 2.05) is 0 Å². The van der Waals surface area contributed by atoms with Crippen molar-refractivity contribution < 1.29 is 18.7 Å². The normalized spacial score (nSPS) is 11.7. The molecule has 6 heteroatoms. The molecule has 1 atom stereocenters. The topological polar surface area (TPSA) is 61.4 Å². The van der Waals surface area contributed by atoms with Crippen molar-refractivity contribution in [2.45, 2.75) is 38.3 Å². The van der Waals surface area contributed by atoms with Crippen molar-refractivity contribution in [1.29, 1.82) is 0 Å². The number of benzene rings is 1. The lowest BCUT2D eigenvalue weighted by atomic mass is 10.1. The third-order valence-corrected chi connectivity index (χ3v) is 3.13. The summed E-state index contributed by atoms with van der Waals surface area (Å²) in [4.78, 5) is 10.3. The summed E-state index contributed by atoms with van der Waals surface area (Å²) in [6.07, 6.45) is 1.46. The first-order valence-electron chi connectivity index (χ1n) is 7.31. The second-order valence-electron chi connectivity index (χ2n) is 5.05. The molecule has 0 fully saturated rings. The summed E-state index contributed by atoms with van der Waals surface area (Å²) in [5, 5.41) is 14.5. The molecule has 0 spiro atoms. The number of carboxylic acids is 1. The van der Waals surface area contributed by atoms with Gasteiger partial charge < -0.3 is 15.7 Å². The molecule has 3 N–H and O–H groups in total. The number of carboxylic acid groups (broad SMARTS) is 1. The molecule has 4 nitrogen and oxygen atoms in total. The SMILES string of the molecule is C=C(NCCCCCCC(F)C(=O)O)Nc1ccc(F)cc1. The van der Waals surface area contributed by atoms with Gasteiger partial charge in [-0.1, -0.05) is 19.4 Å². The summed E-state index contributed by atoms with van der Waals surface area (Å²) < 4.78 is 25.5. The molecule has 1 unspecified atom stereocenters. The standard InChI is InChI=1S/C16H22F2N2O2/c1-12(20-14-9-7-13(17)8-10-14)19-11-5-3-2-4-6-15(18)16(21)22/h7-10,15,19-20H,1-6,11H2,(H,21,22). The van der Waals surface area contributed by atoms with Gasteiger partial charge in [0.05, 0.1) is 5.82 Å². The monoisotopic (exact) mass is 312 g/mol. The molecule has 0 saturated heterocycles. The van der Waals surface area contributed by atoms with Crippen LogP contribution in [0.2, 0.25) is 0 Å². The average molecular weight is 312 g/mol. The minimum absolute atomic E-state index is 0.0710. The summed E-state index contributed by atoms with van der Waals surface area (Å²) in [5.41, 5.74) is 0.751. The average Bonchev–Trinajstić information content (AvgIpc) is 2.48. The second-order valence-corrected chi connectivity index (χ2v) is 5.05. The molecule has 0 amide bonds. The fourth-order valence-corrected chi connectivity index (χ4v) is 1.92. The molecule has 0 aliphatic heterocycles. The van der Waals surface area contributed by atoms with Crippen molar-refractivity contribution in [2.75, 3.05) is 11.9 Å². The Labute approximate surface area is 129 Å². The predicted molar refractivity (Wildman–Crippen MR) is 82.8 cm³/mol. The van der Waals surface area contributed by atoms with E-state index in [0.717, 1.165) is 24.9 Å². The van der Waals surface area contributed by atoms with E-state index in [-0.39, 0.29) is 12.2 Å².